The normalized spacial score (nSPS) is 17.4. The molecule has 9 heteroatoms. The van der Waals surface area contributed by atoms with Crippen LogP contribution in [0.15, 0.2) is 65.5 Å². The summed E-state index contributed by atoms with van der Waals surface area (Å²) in [5.41, 5.74) is 2.64. The van der Waals surface area contributed by atoms with Crippen molar-refractivity contribution in [2.24, 2.45) is 0 Å². The maximum Gasteiger partial charge on any atom is 0.267 e. The molecule has 4 aromatic rings. The summed E-state index contributed by atoms with van der Waals surface area (Å²) in [5, 5.41) is 18.2. The minimum atomic E-state index is -0.587. The Hall–Kier alpha value is -3.98. The topological polar surface area (TPSA) is 105 Å². The van der Waals surface area contributed by atoms with E-state index in [4.69, 9.17) is 0 Å². The van der Waals surface area contributed by atoms with E-state index in [1.54, 1.807) is 24.3 Å². The van der Waals surface area contributed by atoms with Crippen LogP contribution < -0.4 is 15.8 Å². The summed E-state index contributed by atoms with van der Waals surface area (Å²) in [7, 11) is 1.95. The van der Waals surface area contributed by atoms with Gasteiger partial charge in [0.2, 0.25) is 5.95 Å². The minimum absolute atomic E-state index is 0.205. The molecule has 5 rings (SSSR count). The van der Waals surface area contributed by atoms with Crippen molar-refractivity contribution in [3.05, 3.63) is 82.1 Å². The molecule has 0 saturated heterocycles. The molecule has 180 valence electrons. The van der Waals surface area contributed by atoms with Gasteiger partial charge in [-0.2, -0.15) is 5.10 Å². The highest BCUT2D eigenvalue weighted by Gasteiger charge is 2.18. The number of aliphatic hydroxyl groups excluding tert-OH is 1. The van der Waals surface area contributed by atoms with Gasteiger partial charge in [0.25, 0.3) is 11.5 Å². The van der Waals surface area contributed by atoms with E-state index < -0.39 is 6.10 Å². The number of hydrogen-bond donors (Lipinski definition) is 2. The number of aliphatic hydroxyl groups is 1. The Morgan fingerprint density at radius 2 is 1.89 bits per heavy atom. The highest BCUT2D eigenvalue weighted by molar-refractivity contribution is 6.04. The van der Waals surface area contributed by atoms with Gasteiger partial charge in [-0.1, -0.05) is 24.3 Å². The van der Waals surface area contributed by atoms with E-state index >= 15 is 0 Å². The lowest BCUT2D eigenvalue weighted by Gasteiger charge is -2.20. The second-order valence-electron chi connectivity index (χ2n) is 8.95. The van der Waals surface area contributed by atoms with Crippen molar-refractivity contribution in [2.75, 3.05) is 23.8 Å². The fraction of sp³-hybridized carbons (Fsp3) is 0.308. The van der Waals surface area contributed by atoms with Crippen LogP contribution in [0.1, 0.15) is 35.2 Å². The summed E-state index contributed by atoms with van der Waals surface area (Å²) in [5.74, 6) is 0.787. The first-order valence-electron chi connectivity index (χ1n) is 11.8. The van der Waals surface area contributed by atoms with Crippen LogP contribution in [0.4, 0.5) is 11.8 Å². The third-order valence-corrected chi connectivity index (χ3v) is 6.32. The lowest BCUT2D eigenvalue weighted by molar-refractivity contribution is 0.102. The van der Waals surface area contributed by atoms with Crippen molar-refractivity contribution in [2.45, 2.75) is 38.5 Å². The standard InChI is InChI=1S/C26H28N6O3/c1-30-14-5-4-9-20(33)17-31-22-11-3-2-10-21(22)27-26(31)28-25(35)19-8-6-7-18(15-19)16-32-24(34)13-12-23(30)29-32/h2-3,6-8,10-13,15,20,33H,4-5,9,14,16-17H2,1H3,(H,27,28,35). The van der Waals surface area contributed by atoms with Gasteiger partial charge in [0, 0.05) is 25.2 Å². The summed E-state index contributed by atoms with van der Waals surface area (Å²) in [6, 6.07) is 18.0. The Balaban J connectivity index is 1.53. The summed E-state index contributed by atoms with van der Waals surface area (Å²) < 4.78 is 3.28. The molecule has 1 aliphatic heterocycles. The van der Waals surface area contributed by atoms with Crippen molar-refractivity contribution >= 4 is 28.7 Å². The maximum absolute atomic E-state index is 13.2. The van der Waals surface area contributed by atoms with Crippen LogP contribution >= 0.6 is 0 Å². The average molecular weight is 473 g/mol. The molecular weight excluding hydrogens is 444 g/mol. The highest BCUT2D eigenvalue weighted by atomic mass is 16.3. The van der Waals surface area contributed by atoms with E-state index in [2.05, 4.69) is 15.4 Å². The molecule has 3 heterocycles. The van der Waals surface area contributed by atoms with E-state index in [9.17, 15) is 14.7 Å². The minimum Gasteiger partial charge on any atom is -0.391 e. The number of para-hydroxylation sites is 2. The third-order valence-electron chi connectivity index (χ3n) is 6.32. The lowest BCUT2D eigenvalue weighted by atomic mass is 10.1. The summed E-state index contributed by atoms with van der Waals surface area (Å²) in [4.78, 5) is 32.2. The molecule has 4 bridgehead atoms. The molecule has 9 nitrogen and oxygen atoms in total. The van der Waals surface area contributed by atoms with Gasteiger partial charge in [-0.05, 0) is 55.2 Å². The quantitative estimate of drug-likeness (QED) is 0.408. The summed E-state index contributed by atoms with van der Waals surface area (Å²) in [6.07, 6.45) is 1.72. The number of nitrogens with one attached hydrogen (secondary N) is 1. The Morgan fingerprint density at radius 1 is 1.03 bits per heavy atom. The lowest BCUT2D eigenvalue weighted by Crippen LogP contribution is -2.28. The Kier molecular flexibility index (Phi) is 6.33. The van der Waals surface area contributed by atoms with Gasteiger partial charge in [-0.15, -0.1) is 0 Å². The molecule has 35 heavy (non-hydrogen) atoms. The first-order valence-corrected chi connectivity index (χ1v) is 11.8. The molecule has 0 aliphatic carbocycles. The van der Waals surface area contributed by atoms with Crippen LogP contribution in [-0.4, -0.2) is 50.0 Å². The van der Waals surface area contributed by atoms with Crippen LogP contribution in [0.25, 0.3) is 11.0 Å². The number of aromatic nitrogens is 4. The van der Waals surface area contributed by atoms with Crippen molar-refractivity contribution in [1.29, 1.82) is 0 Å². The number of benzene rings is 2. The number of hydrogen-bond acceptors (Lipinski definition) is 6. The molecule has 1 atom stereocenters. The van der Waals surface area contributed by atoms with E-state index in [1.807, 2.05) is 46.8 Å². The highest BCUT2D eigenvalue weighted by Crippen LogP contribution is 2.22. The molecule has 2 aromatic heterocycles. The second-order valence-corrected chi connectivity index (χ2v) is 8.95. The van der Waals surface area contributed by atoms with Crippen molar-refractivity contribution in [3.8, 4) is 0 Å². The van der Waals surface area contributed by atoms with E-state index in [0.29, 0.717) is 30.3 Å². The fourth-order valence-electron chi connectivity index (χ4n) is 4.41. The number of carbonyl (C=O) groups excluding carboxylic acids is 1. The van der Waals surface area contributed by atoms with Crippen LogP contribution in [0, 0.1) is 0 Å². The zero-order chi connectivity index (χ0) is 24.4. The maximum atomic E-state index is 13.2. The van der Waals surface area contributed by atoms with Crippen LogP contribution in [-0.2, 0) is 13.1 Å². The zero-order valence-corrected chi connectivity index (χ0v) is 19.6. The smallest absolute Gasteiger partial charge is 0.267 e. The number of imidazole rings is 1. The van der Waals surface area contributed by atoms with Gasteiger partial charge in [0.05, 0.1) is 30.2 Å². The SMILES string of the molecule is CN1CCCCC(O)Cn2c(nc3ccccc32)NC(=O)c2cccc(c2)Cn2nc1ccc2=O. The molecule has 1 amide bonds. The fourth-order valence-corrected chi connectivity index (χ4v) is 4.41. The molecular formula is C26H28N6O3. The van der Waals surface area contributed by atoms with Crippen LogP contribution in [0.2, 0.25) is 0 Å². The van der Waals surface area contributed by atoms with Gasteiger partial charge in [-0.3, -0.25) is 14.9 Å². The first-order chi connectivity index (χ1) is 17.0. The monoisotopic (exact) mass is 472 g/mol. The summed E-state index contributed by atoms with van der Waals surface area (Å²) in [6.45, 7) is 1.34. The molecule has 2 aromatic carbocycles. The predicted octanol–water partition coefficient (Wildman–Crippen LogP) is 2.87. The van der Waals surface area contributed by atoms with Gasteiger partial charge >= 0.3 is 0 Å². The number of nitrogens with zero attached hydrogens (tertiary/aromatic N) is 5. The Labute approximate surface area is 202 Å². The number of amides is 1. The molecule has 0 saturated carbocycles. The van der Waals surface area contributed by atoms with E-state index in [0.717, 1.165) is 36.0 Å². The van der Waals surface area contributed by atoms with Crippen molar-refractivity contribution in [1.82, 2.24) is 19.3 Å². The molecule has 2 N–H and O–H groups in total. The van der Waals surface area contributed by atoms with Crippen LogP contribution in [0.5, 0.6) is 0 Å². The Bertz CT molecular complexity index is 1430. The zero-order valence-electron chi connectivity index (χ0n) is 19.6. The third kappa shape index (κ3) is 4.95. The molecule has 0 spiro atoms. The van der Waals surface area contributed by atoms with E-state index in [-0.39, 0.29) is 18.0 Å². The summed E-state index contributed by atoms with van der Waals surface area (Å²) >= 11 is 0. The van der Waals surface area contributed by atoms with Gasteiger partial charge in [-0.25, -0.2) is 9.67 Å². The molecule has 1 unspecified atom stereocenters. The average Bonchev–Trinajstić information content (AvgIpc) is 3.19. The van der Waals surface area contributed by atoms with Gasteiger partial charge in [0.1, 0.15) is 5.82 Å². The predicted molar refractivity (Wildman–Crippen MR) is 135 cm³/mol. The van der Waals surface area contributed by atoms with Crippen molar-refractivity contribution in [3.63, 3.8) is 0 Å². The Morgan fingerprint density at radius 3 is 2.77 bits per heavy atom. The van der Waals surface area contributed by atoms with E-state index in [1.165, 1.54) is 10.7 Å². The molecule has 0 radical (unpaired) electrons. The van der Waals surface area contributed by atoms with Gasteiger partial charge in [0.15, 0.2) is 0 Å². The second kappa shape index (κ2) is 9.71. The number of anilines is 2. The van der Waals surface area contributed by atoms with Gasteiger partial charge < -0.3 is 14.6 Å². The number of carbonyl (C=O) groups is 1. The van der Waals surface area contributed by atoms with Crippen molar-refractivity contribution < 1.29 is 9.90 Å². The van der Waals surface area contributed by atoms with Crippen LogP contribution in [0.3, 0.4) is 0 Å². The molecule has 1 aliphatic rings. The first kappa shape index (κ1) is 22.8. The largest absolute Gasteiger partial charge is 0.391 e. The molecule has 0 fully saturated rings. The number of rotatable bonds is 0. The number of fused-ring (bicyclic) bond motifs is 7.